The van der Waals surface area contributed by atoms with E-state index in [9.17, 15) is 4.79 Å². The zero-order chi connectivity index (χ0) is 14.0. The van der Waals surface area contributed by atoms with Crippen molar-refractivity contribution in [2.75, 3.05) is 13.7 Å². The lowest BCUT2D eigenvalue weighted by Gasteiger charge is -2.22. The van der Waals surface area contributed by atoms with Crippen molar-refractivity contribution in [2.24, 2.45) is 0 Å². The van der Waals surface area contributed by atoms with E-state index in [-0.39, 0.29) is 12.0 Å². The van der Waals surface area contributed by atoms with Crippen molar-refractivity contribution in [1.29, 1.82) is 0 Å². The number of aryl methyl sites for hydroxylation is 2. The zero-order valence-electron chi connectivity index (χ0n) is 11.6. The van der Waals surface area contributed by atoms with Gasteiger partial charge in [-0.15, -0.1) is 0 Å². The molecule has 0 amide bonds. The van der Waals surface area contributed by atoms with Gasteiger partial charge in [0.25, 0.3) is 0 Å². The van der Waals surface area contributed by atoms with E-state index < -0.39 is 0 Å². The first kappa shape index (κ1) is 14.5. The van der Waals surface area contributed by atoms with Crippen molar-refractivity contribution in [3.63, 3.8) is 0 Å². The molecular weight excluding hydrogens is 310 g/mol. The average Bonchev–Trinajstić information content (AvgIpc) is 2.98. The Morgan fingerprint density at radius 2 is 2.32 bits per heavy atom. The van der Waals surface area contributed by atoms with Crippen molar-refractivity contribution in [3.8, 4) is 0 Å². The number of likely N-dealkylation sites (tertiary alicyclic amines) is 1. The van der Waals surface area contributed by atoms with Crippen LogP contribution < -0.4 is 0 Å². The molecule has 2 heterocycles. The van der Waals surface area contributed by atoms with E-state index in [1.807, 2.05) is 11.6 Å². The summed E-state index contributed by atoms with van der Waals surface area (Å²) in [5.41, 5.74) is 2.13. The molecule has 6 heteroatoms. The average molecular weight is 330 g/mol. The predicted octanol–water partition coefficient (Wildman–Crippen LogP) is 2.11. The number of esters is 1. The maximum absolute atomic E-state index is 11.8. The van der Waals surface area contributed by atoms with Crippen LogP contribution in [0.5, 0.6) is 0 Å². The number of hydrogen-bond acceptors (Lipinski definition) is 4. The monoisotopic (exact) mass is 329 g/mol. The number of methoxy groups -OCH3 is 1. The SMILES string of the molecule is CCn1nc(C)c(Br)c1CN1CCCC1C(=O)OC. The third-order valence-corrected chi connectivity index (χ3v) is 4.67. The Balaban J connectivity index is 2.18. The van der Waals surface area contributed by atoms with Gasteiger partial charge in [0.1, 0.15) is 6.04 Å². The topological polar surface area (TPSA) is 47.4 Å². The van der Waals surface area contributed by atoms with Crippen LogP contribution >= 0.6 is 15.9 Å². The minimum absolute atomic E-state index is 0.114. The Morgan fingerprint density at radius 3 is 2.95 bits per heavy atom. The van der Waals surface area contributed by atoms with Crippen molar-refractivity contribution in [2.45, 2.75) is 45.8 Å². The van der Waals surface area contributed by atoms with E-state index in [0.29, 0.717) is 0 Å². The van der Waals surface area contributed by atoms with Crippen molar-refractivity contribution >= 4 is 21.9 Å². The Labute approximate surface area is 122 Å². The molecular formula is C13H20BrN3O2. The fourth-order valence-corrected chi connectivity index (χ4v) is 3.04. The molecule has 19 heavy (non-hydrogen) atoms. The van der Waals surface area contributed by atoms with Crippen LogP contribution in [0.15, 0.2) is 4.47 Å². The number of rotatable bonds is 4. The van der Waals surface area contributed by atoms with Gasteiger partial charge in [0, 0.05) is 13.1 Å². The first-order valence-corrected chi connectivity index (χ1v) is 7.41. The number of carbonyl (C=O) groups excluding carboxylic acids is 1. The lowest BCUT2D eigenvalue weighted by Crippen LogP contribution is -2.37. The van der Waals surface area contributed by atoms with E-state index in [0.717, 1.165) is 48.3 Å². The fraction of sp³-hybridized carbons (Fsp3) is 0.692. The van der Waals surface area contributed by atoms with Crippen molar-refractivity contribution < 1.29 is 9.53 Å². The summed E-state index contributed by atoms with van der Waals surface area (Å²) in [7, 11) is 1.45. The van der Waals surface area contributed by atoms with Crippen molar-refractivity contribution in [3.05, 3.63) is 15.9 Å². The third kappa shape index (κ3) is 2.84. The summed E-state index contributed by atoms with van der Waals surface area (Å²) in [6.45, 7) is 6.55. The zero-order valence-corrected chi connectivity index (χ0v) is 13.2. The molecule has 1 fully saturated rings. The molecule has 1 aromatic heterocycles. The van der Waals surface area contributed by atoms with Gasteiger partial charge in [-0.25, -0.2) is 0 Å². The summed E-state index contributed by atoms with van der Waals surface area (Å²) >= 11 is 3.60. The fourth-order valence-electron chi connectivity index (χ4n) is 2.63. The first-order chi connectivity index (χ1) is 9.08. The van der Waals surface area contributed by atoms with Crippen LogP contribution in [0, 0.1) is 6.92 Å². The number of carbonyl (C=O) groups is 1. The summed E-state index contributed by atoms with van der Waals surface area (Å²) in [5, 5.41) is 4.49. The highest BCUT2D eigenvalue weighted by atomic mass is 79.9. The quantitative estimate of drug-likeness (QED) is 0.794. The molecule has 5 nitrogen and oxygen atoms in total. The van der Waals surface area contributed by atoms with E-state index >= 15 is 0 Å². The second kappa shape index (κ2) is 6.05. The van der Waals surface area contributed by atoms with E-state index in [4.69, 9.17) is 4.74 Å². The Hall–Kier alpha value is -0.880. The van der Waals surface area contributed by atoms with Crippen LogP contribution in [0.2, 0.25) is 0 Å². The Morgan fingerprint density at radius 1 is 1.58 bits per heavy atom. The molecule has 1 saturated heterocycles. The van der Waals surface area contributed by atoms with Gasteiger partial charge in [-0.2, -0.15) is 5.10 Å². The molecule has 106 valence electrons. The van der Waals surface area contributed by atoms with Crippen LogP contribution in [-0.2, 0) is 22.6 Å². The Kier molecular flexibility index (Phi) is 4.62. The number of ether oxygens (including phenoxy) is 1. The van der Waals surface area contributed by atoms with Gasteiger partial charge in [-0.05, 0) is 49.2 Å². The summed E-state index contributed by atoms with van der Waals surface area (Å²) in [5.74, 6) is -0.132. The van der Waals surface area contributed by atoms with Gasteiger partial charge in [-0.3, -0.25) is 14.4 Å². The summed E-state index contributed by atoms with van der Waals surface area (Å²) in [6, 6.07) is -0.114. The largest absolute Gasteiger partial charge is 0.468 e. The van der Waals surface area contributed by atoms with Crippen LogP contribution in [0.25, 0.3) is 0 Å². The lowest BCUT2D eigenvalue weighted by molar-refractivity contribution is -0.146. The molecule has 0 aliphatic carbocycles. The lowest BCUT2D eigenvalue weighted by atomic mass is 10.2. The number of halogens is 1. The van der Waals surface area contributed by atoms with Gasteiger partial charge in [0.15, 0.2) is 0 Å². The minimum atomic E-state index is -0.132. The molecule has 0 aromatic carbocycles. The molecule has 1 aromatic rings. The third-order valence-electron chi connectivity index (χ3n) is 3.64. The van der Waals surface area contributed by atoms with Crippen LogP contribution in [0.3, 0.4) is 0 Å². The molecule has 1 aliphatic rings. The van der Waals surface area contributed by atoms with Crippen LogP contribution in [-0.4, -0.2) is 40.3 Å². The van der Waals surface area contributed by atoms with E-state index in [1.54, 1.807) is 0 Å². The number of hydrogen-bond donors (Lipinski definition) is 0. The van der Waals surface area contributed by atoms with Crippen LogP contribution in [0.1, 0.15) is 31.2 Å². The van der Waals surface area contributed by atoms with Gasteiger partial charge >= 0.3 is 5.97 Å². The van der Waals surface area contributed by atoms with Gasteiger partial charge in [-0.1, -0.05) is 0 Å². The minimum Gasteiger partial charge on any atom is -0.468 e. The van der Waals surface area contributed by atoms with Gasteiger partial charge in [0.2, 0.25) is 0 Å². The molecule has 0 radical (unpaired) electrons. The molecule has 0 bridgehead atoms. The molecule has 2 rings (SSSR count). The standard InChI is InChI=1S/C13H20BrN3O2/c1-4-17-11(12(14)9(2)15-17)8-16-7-5-6-10(16)13(18)19-3/h10H,4-8H2,1-3H3. The van der Waals surface area contributed by atoms with E-state index in [2.05, 4.69) is 32.9 Å². The molecule has 0 saturated carbocycles. The number of aromatic nitrogens is 2. The van der Waals surface area contributed by atoms with Crippen molar-refractivity contribution in [1.82, 2.24) is 14.7 Å². The van der Waals surface area contributed by atoms with Gasteiger partial charge in [0.05, 0.1) is 23.0 Å². The summed E-state index contributed by atoms with van der Waals surface area (Å²) in [6.07, 6.45) is 1.92. The molecule has 0 N–H and O–H groups in total. The second-order valence-electron chi connectivity index (χ2n) is 4.81. The molecule has 1 aliphatic heterocycles. The molecule has 0 spiro atoms. The first-order valence-electron chi connectivity index (χ1n) is 6.62. The molecule has 1 atom stereocenters. The second-order valence-corrected chi connectivity index (χ2v) is 5.61. The maximum Gasteiger partial charge on any atom is 0.323 e. The highest BCUT2D eigenvalue weighted by Gasteiger charge is 2.32. The van der Waals surface area contributed by atoms with Gasteiger partial charge < -0.3 is 4.74 Å². The summed E-state index contributed by atoms with van der Waals surface area (Å²) < 4.78 is 7.92. The highest BCUT2D eigenvalue weighted by molar-refractivity contribution is 9.10. The van der Waals surface area contributed by atoms with Crippen LogP contribution in [0.4, 0.5) is 0 Å². The highest BCUT2D eigenvalue weighted by Crippen LogP contribution is 2.26. The smallest absolute Gasteiger partial charge is 0.323 e. The molecule has 1 unspecified atom stereocenters. The summed E-state index contributed by atoms with van der Waals surface area (Å²) in [4.78, 5) is 13.9. The number of nitrogens with zero attached hydrogens (tertiary/aromatic N) is 3. The maximum atomic E-state index is 11.8. The normalized spacial score (nSPS) is 19.9. The predicted molar refractivity (Wildman–Crippen MR) is 75.8 cm³/mol. The Bertz CT molecular complexity index is 473. The van der Waals surface area contributed by atoms with E-state index in [1.165, 1.54) is 7.11 Å².